The second kappa shape index (κ2) is 8.57. The van der Waals surface area contributed by atoms with Gasteiger partial charge in [-0.1, -0.05) is 6.07 Å². The number of carbonyl (C=O) groups excluding carboxylic acids is 1. The third-order valence-corrected chi connectivity index (χ3v) is 3.96. The molecule has 1 saturated heterocycles. The predicted octanol–water partition coefficient (Wildman–Crippen LogP) is 1.60. The van der Waals surface area contributed by atoms with Crippen molar-refractivity contribution < 1.29 is 13.9 Å². The van der Waals surface area contributed by atoms with Gasteiger partial charge >= 0.3 is 0 Å². The van der Waals surface area contributed by atoms with Crippen LogP contribution < -0.4 is 15.5 Å². The zero-order valence-electron chi connectivity index (χ0n) is 14.7. The van der Waals surface area contributed by atoms with Crippen molar-refractivity contribution in [1.82, 2.24) is 15.3 Å². The van der Waals surface area contributed by atoms with Crippen molar-refractivity contribution in [3.8, 4) is 0 Å². The fourth-order valence-corrected chi connectivity index (χ4v) is 2.67. The molecule has 1 fully saturated rings. The van der Waals surface area contributed by atoms with Crippen molar-refractivity contribution in [2.24, 2.45) is 0 Å². The highest BCUT2D eigenvalue weighted by Crippen LogP contribution is 2.16. The number of nitrogens with zero attached hydrogens (tertiary/aromatic N) is 3. The SMILES string of the molecule is Cc1cc(N2CCOCC2)nc(NCCNC(=O)c2cccc(F)c2)n1. The van der Waals surface area contributed by atoms with Crippen LogP contribution in [0.5, 0.6) is 0 Å². The summed E-state index contributed by atoms with van der Waals surface area (Å²) in [7, 11) is 0. The van der Waals surface area contributed by atoms with E-state index in [1.165, 1.54) is 18.2 Å². The van der Waals surface area contributed by atoms with Gasteiger partial charge in [0.2, 0.25) is 5.95 Å². The third kappa shape index (κ3) is 4.89. The van der Waals surface area contributed by atoms with Gasteiger partial charge in [-0.05, 0) is 25.1 Å². The van der Waals surface area contributed by atoms with Crippen molar-refractivity contribution >= 4 is 17.7 Å². The van der Waals surface area contributed by atoms with Gasteiger partial charge in [-0.3, -0.25) is 4.79 Å². The van der Waals surface area contributed by atoms with Gasteiger partial charge in [0.15, 0.2) is 0 Å². The van der Waals surface area contributed by atoms with Crippen LogP contribution in [0.4, 0.5) is 16.2 Å². The lowest BCUT2D eigenvalue weighted by molar-refractivity contribution is 0.0954. The van der Waals surface area contributed by atoms with E-state index in [1.807, 2.05) is 13.0 Å². The van der Waals surface area contributed by atoms with E-state index in [0.29, 0.717) is 37.8 Å². The van der Waals surface area contributed by atoms with E-state index in [1.54, 1.807) is 6.07 Å². The van der Waals surface area contributed by atoms with Crippen LogP contribution in [0.1, 0.15) is 16.1 Å². The normalized spacial score (nSPS) is 14.2. The molecule has 8 heteroatoms. The summed E-state index contributed by atoms with van der Waals surface area (Å²) in [5, 5.41) is 5.85. The maximum Gasteiger partial charge on any atom is 0.251 e. The van der Waals surface area contributed by atoms with Crippen LogP contribution in [0, 0.1) is 12.7 Å². The molecule has 138 valence electrons. The number of halogens is 1. The molecule has 1 aliphatic heterocycles. The number of rotatable bonds is 6. The van der Waals surface area contributed by atoms with Gasteiger partial charge in [0.25, 0.3) is 5.91 Å². The molecule has 3 rings (SSSR count). The number of hydrogen-bond acceptors (Lipinski definition) is 6. The zero-order valence-corrected chi connectivity index (χ0v) is 14.7. The summed E-state index contributed by atoms with van der Waals surface area (Å²) in [5.74, 6) is 0.642. The summed E-state index contributed by atoms with van der Waals surface area (Å²) >= 11 is 0. The van der Waals surface area contributed by atoms with Gasteiger partial charge in [0.05, 0.1) is 13.2 Å². The lowest BCUT2D eigenvalue weighted by atomic mass is 10.2. The molecule has 26 heavy (non-hydrogen) atoms. The summed E-state index contributed by atoms with van der Waals surface area (Å²) in [6.45, 7) is 5.75. The van der Waals surface area contributed by atoms with E-state index < -0.39 is 5.82 Å². The summed E-state index contributed by atoms with van der Waals surface area (Å²) in [6.07, 6.45) is 0. The number of morpholine rings is 1. The molecule has 1 amide bonds. The Bertz CT molecular complexity index is 765. The van der Waals surface area contributed by atoms with Gasteiger partial charge in [-0.25, -0.2) is 9.37 Å². The molecule has 0 saturated carbocycles. The Morgan fingerprint density at radius 2 is 2.04 bits per heavy atom. The van der Waals surface area contributed by atoms with Crippen molar-refractivity contribution in [3.63, 3.8) is 0 Å². The van der Waals surface area contributed by atoms with Gasteiger partial charge in [0, 0.05) is 43.5 Å². The number of hydrogen-bond donors (Lipinski definition) is 2. The Morgan fingerprint density at radius 1 is 1.23 bits per heavy atom. The van der Waals surface area contributed by atoms with Gasteiger partial charge in [-0.2, -0.15) is 4.98 Å². The summed E-state index contributed by atoms with van der Waals surface area (Å²) in [4.78, 5) is 23.0. The first kappa shape index (κ1) is 18.1. The topological polar surface area (TPSA) is 79.4 Å². The van der Waals surface area contributed by atoms with Crippen molar-refractivity contribution in [1.29, 1.82) is 0 Å². The monoisotopic (exact) mass is 359 g/mol. The number of amides is 1. The molecule has 0 aliphatic carbocycles. The Labute approximate surface area is 151 Å². The minimum Gasteiger partial charge on any atom is -0.378 e. The number of aromatic nitrogens is 2. The molecule has 0 atom stereocenters. The summed E-state index contributed by atoms with van der Waals surface area (Å²) in [5.41, 5.74) is 1.17. The number of aryl methyl sites for hydroxylation is 1. The highest BCUT2D eigenvalue weighted by atomic mass is 19.1. The molecule has 2 heterocycles. The van der Waals surface area contributed by atoms with Crippen LogP contribution in [0.3, 0.4) is 0 Å². The van der Waals surface area contributed by atoms with Gasteiger partial charge in [0.1, 0.15) is 11.6 Å². The Morgan fingerprint density at radius 3 is 2.81 bits per heavy atom. The number of anilines is 2. The molecule has 0 unspecified atom stereocenters. The second-order valence-electron chi connectivity index (χ2n) is 5.98. The van der Waals surface area contributed by atoms with Gasteiger partial charge in [-0.15, -0.1) is 0 Å². The highest BCUT2D eigenvalue weighted by Gasteiger charge is 2.14. The van der Waals surface area contributed by atoms with E-state index in [4.69, 9.17) is 4.74 Å². The fourth-order valence-electron chi connectivity index (χ4n) is 2.67. The second-order valence-corrected chi connectivity index (χ2v) is 5.98. The first-order valence-corrected chi connectivity index (χ1v) is 8.58. The average molecular weight is 359 g/mol. The molecule has 0 radical (unpaired) electrons. The maximum atomic E-state index is 13.1. The minimum absolute atomic E-state index is 0.298. The predicted molar refractivity (Wildman–Crippen MR) is 97.0 cm³/mol. The summed E-state index contributed by atoms with van der Waals surface area (Å²) < 4.78 is 18.5. The van der Waals surface area contributed by atoms with Crippen LogP contribution in [-0.4, -0.2) is 55.3 Å². The van der Waals surface area contributed by atoms with Crippen LogP contribution in [0.2, 0.25) is 0 Å². The summed E-state index contributed by atoms with van der Waals surface area (Å²) in [6, 6.07) is 7.54. The number of ether oxygens (including phenoxy) is 1. The van der Waals surface area contributed by atoms with Crippen LogP contribution >= 0.6 is 0 Å². The molecule has 2 aromatic rings. The quantitative estimate of drug-likeness (QED) is 0.763. The van der Waals surface area contributed by atoms with Crippen LogP contribution in [-0.2, 0) is 4.74 Å². The van der Waals surface area contributed by atoms with Crippen LogP contribution in [0.15, 0.2) is 30.3 Å². The maximum absolute atomic E-state index is 13.1. The molecule has 7 nitrogen and oxygen atoms in total. The van der Waals surface area contributed by atoms with Crippen molar-refractivity contribution in [2.75, 3.05) is 49.6 Å². The Kier molecular flexibility index (Phi) is 5.96. The molecule has 2 N–H and O–H groups in total. The molecule has 0 bridgehead atoms. The Hall–Kier alpha value is -2.74. The lowest BCUT2D eigenvalue weighted by Crippen LogP contribution is -2.37. The Balaban J connectivity index is 1.51. The van der Waals surface area contributed by atoms with E-state index in [2.05, 4.69) is 25.5 Å². The lowest BCUT2D eigenvalue weighted by Gasteiger charge is -2.28. The van der Waals surface area contributed by atoms with Crippen molar-refractivity contribution in [3.05, 3.63) is 47.4 Å². The standard InChI is InChI=1S/C18H22FN5O2/c1-13-11-16(24-7-9-26-10-8-24)23-18(22-13)21-6-5-20-17(25)14-3-2-4-15(19)12-14/h2-4,11-12H,5-10H2,1H3,(H,20,25)(H,21,22,23). The van der Waals surface area contributed by atoms with E-state index >= 15 is 0 Å². The van der Waals surface area contributed by atoms with Crippen molar-refractivity contribution in [2.45, 2.75) is 6.92 Å². The molecule has 0 spiro atoms. The molecule has 1 aromatic carbocycles. The largest absolute Gasteiger partial charge is 0.378 e. The molecule has 1 aliphatic rings. The van der Waals surface area contributed by atoms with Gasteiger partial charge < -0.3 is 20.3 Å². The first-order valence-electron chi connectivity index (χ1n) is 8.58. The number of carbonyl (C=O) groups is 1. The minimum atomic E-state index is -0.431. The first-order chi connectivity index (χ1) is 12.6. The third-order valence-electron chi connectivity index (χ3n) is 3.96. The smallest absolute Gasteiger partial charge is 0.251 e. The molecular formula is C18H22FN5O2. The average Bonchev–Trinajstić information content (AvgIpc) is 2.65. The number of nitrogens with one attached hydrogen (secondary N) is 2. The van der Waals surface area contributed by atoms with E-state index in [9.17, 15) is 9.18 Å². The van der Waals surface area contributed by atoms with Crippen LogP contribution in [0.25, 0.3) is 0 Å². The van der Waals surface area contributed by atoms with E-state index in [0.717, 1.165) is 24.6 Å². The highest BCUT2D eigenvalue weighted by molar-refractivity contribution is 5.94. The number of benzene rings is 1. The van der Waals surface area contributed by atoms with E-state index in [-0.39, 0.29) is 5.91 Å². The molecular weight excluding hydrogens is 337 g/mol. The fraction of sp³-hybridized carbons (Fsp3) is 0.389. The molecule has 1 aromatic heterocycles. The zero-order chi connectivity index (χ0) is 18.4.